The SMILES string of the molecule is CC(=O)/C(=C\c1ccccc1)Oc1ccc(C#N)cc1. The topological polar surface area (TPSA) is 50.1 Å². The van der Waals surface area contributed by atoms with Crippen molar-refractivity contribution >= 4 is 11.9 Å². The number of hydrogen-bond donors (Lipinski definition) is 0. The number of allylic oxidation sites excluding steroid dienone is 1. The van der Waals surface area contributed by atoms with Crippen molar-refractivity contribution in [3.63, 3.8) is 0 Å². The largest absolute Gasteiger partial charge is 0.454 e. The first kappa shape index (κ1) is 13.6. The van der Waals surface area contributed by atoms with Crippen LogP contribution < -0.4 is 4.74 Å². The highest BCUT2D eigenvalue weighted by atomic mass is 16.5. The van der Waals surface area contributed by atoms with Gasteiger partial charge in [0.05, 0.1) is 11.6 Å². The highest BCUT2D eigenvalue weighted by Crippen LogP contribution is 2.17. The fraction of sp³-hybridized carbons (Fsp3) is 0.0588. The maximum absolute atomic E-state index is 11.6. The Hall–Kier alpha value is -2.86. The minimum Gasteiger partial charge on any atom is -0.454 e. The van der Waals surface area contributed by atoms with Crippen LogP contribution in [0, 0.1) is 11.3 Å². The smallest absolute Gasteiger partial charge is 0.194 e. The molecule has 2 aromatic carbocycles. The van der Waals surface area contributed by atoms with Crippen molar-refractivity contribution in [2.24, 2.45) is 0 Å². The van der Waals surface area contributed by atoms with Gasteiger partial charge in [0.1, 0.15) is 5.75 Å². The molecule has 0 spiro atoms. The lowest BCUT2D eigenvalue weighted by atomic mass is 10.2. The minimum atomic E-state index is -0.154. The molecule has 3 heteroatoms. The predicted octanol–water partition coefficient (Wildman–Crippen LogP) is 3.57. The summed E-state index contributed by atoms with van der Waals surface area (Å²) in [6, 6.07) is 18.1. The maximum Gasteiger partial charge on any atom is 0.194 e. The van der Waals surface area contributed by atoms with Crippen molar-refractivity contribution in [1.29, 1.82) is 5.26 Å². The Morgan fingerprint density at radius 3 is 2.30 bits per heavy atom. The Bertz CT molecular complexity index is 664. The fourth-order valence-corrected chi connectivity index (χ4v) is 1.63. The van der Waals surface area contributed by atoms with Gasteiger partial charge in [-0.3, -0.25) is 4.79 Å². The number of ketones is 1. The second kappa shape index (κ2) is 6.35. The minimum absolute atomic E-state index is 0.154. The zero-order valence-electron chi connectivity index (χ0n) is 11.0. The Labute approximate surface area is 117 Å². The molecule has 20 heavy (non-hydrogen) atoms. The normalized spacial score (nSPS) is 10.7. The van der Waals surface area contributed by atoms with Gasteiger partial charge in [-0.05, 0) is 35.9 Å². The number of carbonyl (C=O) groups is 1. The summed E-state index contributed by atoms with van der Waals surface area (Å²) in [6.45, 7) is 1.46. The van der Waals surface area contributed by atoms with E-state index in [1.165, 1.54) is 6.92 Å². The summed E-state index contributed by atoms with van der Waals surface area (Å²) in [6.07, 6.45) is 1.69. The van der Waals surface area contributed by atoms with Crippen LogP contribution in [0.15, 0.2) is 60.4 Å². The summed E-state index contributed by atoms with van der Waals surface area (Å²) in [4.78, 5) is 11.6. The van der Waals surface area contributed by atoms with Crippen LogP contribution in [-0.2, 0) is 4.79 Å². The Morgan fingerprint density at radius 2 is 1.75 bits per heavy atom. The molecule has 0 N–H and O–H groups in total. The average Bonchev–Trinajstić information content (AvgIpc) is 2.48. The van der Waals surface area contributed by atoms with Gasteiger partial charge < -0.3 is 4.74 Å². The molecule has 0 amide bonds. The lowest BCUT2D eigenvalue weighted by molar-refractivity contribution is -0.115. The molecule has 0 aliphatic carbocycles. The van der Waals surface area contributed by atoms with E-state index in [0.29, 0.717) is 11.3 Å². The summed E-state index contributed by atoms with van der Waals surface area (Å²) < 4.78 is 5.58. The number of carbonyl (C=O) groups excluding carboxylic acids is 1. The lowest BCUT2D eigenvalue weighted by Gasteiger charge is -2.07. The first-order chi connectivity index (χ1) is 9.69. The molecule has 98 valence electrons. The van der Waals surface area contributed by atoms with E-state index in [-0.39, 0.29) is 11.5 Å². The van der Waals surface area contributed by atoms with Gasteiger partial charge >= 0.3 is 0 Å². The monoisotopic (exact) mass is 263 g/mol. The molecule has 0 radical (unpaired) electrons. The van der Waals surface area contributed by atoms with Gasteiger partial charge in [0.15, 0.2) is 11.5 Å². The van der Waals surface area contributed by atoms with Crippen molar-refractivity contribution in [2.75, 3.05) is 0 Å². The lowest BCUT2D eigenvalue weighted by Crippen LogP contribution is -2.04. The number of Topliss-reactive ketones (excluding diaryl/α,β-unsaturated/α-hetero) is 1. The van der Waals surface area contributed by atoms with E-state index in [1.54, 1.807) is 30.3 Å². The van der Waals surface area contributed by atoms with Crippen LogP contribution in [0.4, 0.5) is 0 Å². The average molecular weight is 263 g/mol. The third kappa shape index (κ3) is 3.56. The number of nitrogens with zero attached hydrogens (tertiary/aromatic N) is 1. The summed E-state index contributed by atoms with van der Waals surface area (Å²) in [5.41, 5.74) is 1.44. The second-order valence-corrected chi connectivity index (χ2v) is 4.21. The zero-order valence-corrected chi connectivity index (χ0v) is 11.0. The Kier molecular flexibility index (Phi) is 4.31. The van der Waals surface area contributed by atoms with Crippen molar-refractivity contribution in [3.05, 3.63) is 71.5 Å². The van der Waals surface area contributed by atoms with Gasteiger partial charge in [0.2, 0.25) is 0 Å². The molecule has 0 saturated carbocycles. The highest BCUT2D eigenvalue weighted by molar-refractivity contribution is 5.96. The van der Waals surface area contributed by atoms with Gasteiger partial charge in [-0.1, -0.05) is 30.3 Å². The first-order valence-electron chi connectivity index (χ1n) is 6.15. The third-order valence-corrected chi connectivity index (χ3v) is 2.66. The summed E-state index contributed by atoms with van der Waals surface area (Å²) in [7, 11) is 0. The number of nitriles is 1. The van der Waals surface area contributed by atoms with Crippen molar-refractivity contribution in [3.8, 4) is 11.8 Å². The zero-order chi connectivity index (χ0) is 14.4. The molecule has 0 aromatic heterocycles. The quantitative estimate of drug-likeness (QED) is 0.626. The Morgan fingerprint density at radius 1 is 1.10 bits per heavy atom. The van der Waals surface area contributed by atoms with Crippen LogP contribution in [0.5, 0.6) is 5.75 Å². The number of ether oxygens (including phenoxy) is 1. The van der Waals surface area contributed by atoms with Crippen molar-refractivity contribution in [1.82, 2.24) is 0 Å². The van der Waals surface area contributed by atoms with E-state index in [0.717, 1.165) is 5.56 Å². The molecule has 0 heterocycles. The van der Waals surface area contributed by atoms with Crippen LogP contribution in [0.2, 0.25) is 0 Å². The van der Waals surface area contributed by atoms with E-state index < -0.39 is 0 Å². The summed E-state index contributed by atoms with van der Waals surface area (Å²) in [5.74, 6) is 0.639. The van der Waals surface area contributed by atoms with Crippen LogP contribution in [0.25, 0.3) is 6.08 Å². The third-order valence-electron chi connectivity index (χ3n) is 2.66. The molecule has 3 nitrogen and oxygen atoms in total. The molecule has 2 aromatic rings. The van der Waals surface area contributed by atoms with E-state index in [9.17, 15) is 4.79 Å². The number of rotatable bonds is 4. The molecule has 0 unspecified atom stereocenters. The maximum atomic E-state index is 11.6. The standard InChI is InChI=1S/C17H13NO2/c1-13(19)17(11-14-5-3-2-4-6-14)20-16-9-7-15(12-18)8-10-16/h2-11H,1H3/b17-11+. The number of benzene rings is 2. The first-order valence-corrected chi connectivity index (χ1v) is 6.15. The molecule has 0 fully saturated rings. The Balaban J connectivity index is 2.24. The molecule has 2 rings (SSSR count). The molecule has 0 aliphatic rings. The van der Waals surface area contributed by atoms with Crippen molar-refractivity contribution < 1.29 is 9.53 Å². The van der Waals surface area contributed by atoms with E-state index in [4.69, 9.17) is 10.00 Å². The summed E-state index contributed by atoms with van der Waals surface area (Å²) in [5, 5.41) is 8.74. The molecule has 0 aliphatic heterocycles. The van der Waals surface area contributed by atoms with E-state index in [1.807, 2.05) is 36.4 Å². The van der Waals surface area contributed by atoms with Gasteiger partial charge in [-0.2, -0.15) is 5.26 Å². The van der Waals surface area contributed by atoms with Gasteiger partial charge in [0, 0.05) is 6.92 Å². The molecule has 0 bridgehead atoms. The fourth-order valence-electron chi connectivity index (χ4n) is 1.63. The van der Waals surface area contributed by atoms with E-state index >= 15 is 0 Å². The summed E-state index contributed by atoms with van der Waals surface area (Å²) >= 11 is 0. The molecular formula is C17H13NO2. The predicted molar refractivity (Wildman–Crippen MR) is 76.9 cm³/mol. The van der Waals surface area contributed by atoms with E-state index in [2.05, 4.69) is 0 Å². The van der Waals surface area contributed by atoms with Gasteiger partial charge in [0.25, 0.3) is 0 Å². The van der Waals surface area contributed by atoms with Crippen LogP contribution >= 0.6 is 0 Å². The second-order valence-electron chi connectivity index (χ2n) is 4.21. The molecular weight excluding hydrogens is 250 g/mol. The highest BCUT2D eigenvalue weighted by Gasteiger charge is 2.07. The van der Waals surface area contributed by atoms with Crippen LogP contribution in [-0.4, -0.2) is 5.78 Å². The molecule has 0 saturated heterocycles. The van der Waals surface area contributed by atoms with Gasteiger partial charge in [-0.25, -0.2) is 0 Å². The van der Waals surface area contributed by atoms with Crippen LogP contribution in [0.1, 0.15) is 18.1 Å². The van der Waals surface area contributed by atoms with Gasteiger partial charge in [-0.15, -0.1) is 0 Å². The number of hydrogen-bond acceptors (Lipinski definition) is 3. The molecule has 0 atom stereocenters. The van der Waals surface area contributed by atoms with Crippen molar-refractivity contribution in [2.45, 2.75) is 6.92 Å². The van der Waals surface area contributed by atoms with Crippen LogP contribution in [0.3, 0.4) is 0 Å².